The summed E-state index contributed by atoms with van der Waals surface area (Å²) in [6.45, 7) is 0.584. The molecule has 0 aliphatic rings. The summed E-state index contributed by atoms with van der Waals surface area (Å²) in [5.41, 5.74) is 9.61. The summed E-state index contributed by atoms with van der Waals surface area (Å²) >= 11 is 1.48. The lowest BCUT2D eigenvalue weighted by Crippen LogP contribution is -2.08. The van der Waals surface area contributed by atoms with Gasteiger partial charge in [-0.1, -0.05) is 24.3 Å². The van der Waals surface area contributed by atoms with Crippen molar-refractivity contribution in [1.29, 1.82) is 0 Å². The molecule has 7 nitrogen and oxygen atoms in total. The highest BCUT2D eigenvalue weighted by atomic mass is 32.1. The summed E-state index contributed by atoms with van der Waals surface area (Å²) in [5.74, 6) is 0.378. The molecular weight excluding hydrogens is 384 g/mol. The topological polar surface area (TPSA) is 107 Å². The van der Waals surface area contributed by atoms with Gasteiger partial charge in [-0.05, 0) is 23.3 Å². The van der Waals surface area contributed by atoms with Gasteiger partial charge in [0.05, 0.1) is 18.1 Å². The van der Waals surface area contributed by atoms with Crippen molar-refractivity contribution in [3.8, 4) is 10.7 Å². The van der Waals surface area contributed by atoms with Gasteiger partial charge in [-0.2, -0.15) is 0 Å². The van der Waals surface area contributed by atoms with E-state index in [0.29, 0.717) is 23.8 Å². The van der Waals surface area contributed by atoms with Crippen LogP contribution in [-0.2, 0) is 13.0 Å². The number of ketones is 1. The van der Waals surface area contributed by atoms with E-state index in [2.05, 4.69) is 25.3 Å². The van der Waals surface area contributed by atoms with Crippen LogP contribution in [0.15, 0.2) is 66.6 Å². The van der Waals surface area contributed by atoms with Crippen LogP contribution in [0.25, 0.3) is 10.7 Å². The second-order valence-electron chi connectivity index (χ2n) is 6.33. The Kier molecular flexibility index (Phi) is 5.53. The van der Waals surface area contributed by atoms with E-state index < -0.39 is 0 Å². The number of pyridine rings is 1. The highest BCUT2D eigenvalue weighted by molar-refractivity contribution is 7.13. The number of nitrogens with one attached hydrogen (secondary N) is 1. The average molecular weight is 402 g/mol. The van der Waals surface area contributed by atoms with Gasteiger partial charge in [0, 0.05) is 30.7 Å². The molecule has 0 amide bonds. The van der Waals surface area contributed by atoms with E-state index in [1.807, 2.05) is 41.8 Å². The summed E-state index contributed by atoms with van der Waals surface area (Å²) in [7, 11) is 0. The first kappa shape index (κ1) is 18.7. The molecule has 4 rings (SSSR count). The zero-order chi connectivity index (χ0) is 20.1. The molecule has 0 bridgehead atoms. The maximum atomic E-state index is 12.6. The van der Waals surface area contributed by atoms with Crippen LogP contribution in [-0.4, -0.2) is 25.7 Å². The normalized spacial score (nSPS) is 10.6. The van der Waals surface area contributed by atoms with Gasteiger partial charge >= 0.3 is 0 Å². The third-order valence-corrected chi connectivity index (χ3v) is 5.06. The van der Waals surface area contributed by atoms with E-state index in [1.165, 1.54) is 17.5 Å². The molecule has 0 atom stereocenters. The molecule has 144 valence electrons. The molecule has 0 radical (unpaired) electrons. The van der Waals surface area contributed by atoms with Gasteiger partial charge in [0.2, 0.25) is 0 Å². The zero-order valence-electron chi connectivity index (χ0n) is 15.4. The molecule has 1 aromatic carbocycles. The van der Waals surface area contributed by atoms with Crippen molar-refractivity contribution < 1.29 is 4.79 Å². The van der Waals surface area contributed by atoms with Gasteiger partial charge in [-0.3, -0.25) is 4.79 Å². The Hall–Kier alpha value is -3.65. The molecule has 0 saturated carbocycles. The number of thiazole rings is 1. The number of hydrogen-bond acceptors (Lipinski definition) is 8. The molecule has 4 aromatic rings. The molecule has 8 heteroatoms. The van der Waals surface area contributed by atoms with Gasteiger partial charge in [0.1, 0.15) is 22.2 Å². The molecule has 0 aliphatic heterocycles. The van der Waals surface area contributed by atoms with E-state index in [9.17, 15) is 4.79 Å². The van der Waals surface area contributed by atoms with Crippen molar-refractivity contribution in [3.05, 3.63) is 83.4 Å². The van der Waals surface area contributed by atoms with E-state index in [1.54, 1.807) is 18.6 Å². The van der Waals surface area contributed by atoms with Crippen molar-refractivity contribution in [1.82, 2.24) is 19.9 Å². The lowest BCUT2D eigenvalue weighted by Gasteiger charge is -2.09. The van der Waals surface area contributed by atoms with E-state index in [4.69, 9.17) is 5.73 Å². The van der Waals surface area contributed by atoms with Crippen LogP contribution in [0.2, 0.25) is 0 Å². The number of carbonyl (C=O) groups excluding carboxylic acids is 1. The fourth-order valence-corrected chi connectivity index (χ4v) is 3.42. The number of nitrogen functional groups attached to an aromatic ring is 1. The van der Waals surface area contributed by atoms with Crippen molar-refractivity contribution in [2.24, 2.45) is 0 Å². The molecule has 3 aromatic heterocycles. The average Bonchev–Trinajstić information content (AvgIpc) is 3.28. The van der Waals surface area contributed by atoms with E-state index in [-0.39, 0.29) is 12.2 Å². The SMILES string of the molecule is Nc1ncccc1NCc1cccc(CC(=O)c2cnc(-c3nccs3)cn2)c1. The second kappa shape index (κ2) is 8.57. The Bertz CT molecular complexity index is 1110. The summed E-state index contributed by atoms with van der Waals surface area (Å²) in [6.07, 6.45) is 6.72. The first-order chi connectivity index (χ1) is 14.2. The maximum absolute atomic E-state index is 12.6. The summed E-state index contributed by atoms with van der Waals surface area (Å²) in [4.78, 5) is 29.4. The highest BCUT2D eigenvalue weighted by Gasteiger charge is 2.11. The van der Waals surface area contributed by atoms with Gasteiger partial charge in [0.25, 0.3) is 0 Å². The van der Waals surface area contributed by atoms with Crippen molar-refractivity contribution in [2.45, 2.75) is 13.0 Å². The minimum atomic E-state index is -0.0789. The Labute approximate surface area is 171 Å². The number of rotatable bonds is 7. The number of aromatic nitrogens is 4. The number of carbonyl (C=O) groups is 1. The Balaban J connectivity index is 1.41. The zero-order valence-corrected chi connectivity index (χ0v) is 16.3. The minimum absolute atomic E-state index is 0.0789. The number of Topliss-reactive ketones (excluding diaryl/α,β-unsaturated/α-hetero) is 1. The minimum Gasteiger partial charge on any atom is -0.382 e. The molecule has 3 heterocycles. The first-order valence-electron chi connectivity index (χ1n) is 8.96. The van der Waals surface area contributed by atoms with E-state index in [0.717, 1.165) is 21.8 Å². The third-order valence-electron chi connectivity index (χ3n) is 4.27. The molecule has 0 spiro atoms. The van der Waals surface area contributed by atoms with Crippen LogP contribution in [0.3, 0.4) is 0 Å². The standard InChI is InChI=1S/C21H18N6OS/c22-20-16(5-2-6-23-20)25-11-15-4-1-3-14(9-15)10-19(28)17-12-27-18(13-26-17)21-24-7-8-29-21/h1-9,12-13,25H,10-11H2,(H2,22,23). The summed E-state index contributed by atoms with van der Waals surface area (Å²) in [6, 6.07) is 11.6. The number of nitrogens with two attached hydrogens (primary N) is 1. The molecule has 3 N–H and O–H groups in total. The van der Waals surface area contributed by atoms with Crippen molar-refractivity contribution in [2.75, 3.05) is 11.1 Å². The quantitative estimate of drug-likeness (QED) is 0.455. The van der Waals surface area contributed by atoms with Crippen LogP contribution >= 0.6 is 11.3 Å². The monoisotopic (exact) mass is 402 g/mol. The lowest BCUT2D eigenvalue weighted by atomic mass is 10.0. The Morgan fingerprint density at radius 1 is 1.00 bits per heavy atom. The largest absolute Gasteiger partial charge is 0.382 e. The lowest BCUT2D eigenvalue weighted by molar-refractivity contribution is 0.0988. The molecule has 0 fully saturated rings. The molecular formula is C21H18N6OS. The summed E-state index contributed by atoms with van der Waals surface area (Å²) < 4.78 is 0. The maximum Gasteiger partial charge on any atom is 0.187 e. The number of nitrogens with zero attached hydrogens (tertiary/aromatic N) is 4. The summed E-state index contributed by atoms with van der Waals surface area (Å²) in [5, 5.41) is 5.92. The smallest absolute Gasteiger partial charge is 0.187 e. The van der Waals surface area contributed by atoms with Crippen LogP contribution < -0.4 is 11.1 Å². The molecule has 0 saturated heterocycles. The van der Waals surface area contributed by atoms with Crippen molar-refractivity contribution in [3.63, 3.8) is 0 Å². The third kappa shape index (κ3) is 4.61. The molecule has 29 heavy (non-hydrogen) atoms. The van der Waals surface area contributed by atoms with Gasteiger partial charge in [0.15, 0.2) is 5.78 Å². The number of anilines is 2. The molecule has 0 unspecified atom stereocenters. The van der Waals surface area contributed by atoms with Crippen LogP contribution in [0.4, 0.5) is 11.5 Å². The second-order valence-corrected chi connectivity index (χ2v) is 7.23. The number of benzene rings is 1. The van der Waals surface area contributed by atoms with Gasteiger partial charge in [-0.15, -0.1) is 11.3 Å². The van der Waals surface area contributed by atoms with Crippen molar-refractivity contribution >= 4 is 28.6 Å². The van der Waals surface area contributed by atoms with Gasteiger partial charge < -0.3 is 11.1 Å². The highest BCUT2D eigenvalue weighted by Crippen LogP contribution is 2.19. The predicted molar refractivity (Wildman–Crippen MR) is 114 cm³/mol. The van der Waals surface area contributed by atoms with Crippen LogP contribution in [0, 0.1) is 0 Å². The van der Waals surface area contributed by atoms with E-state index >= 15 is 0 Å². The van der Waals surface area contributed by atoms with Crippen LogP contribution in [0.1, 0.15) is 21.6 Å². The van der Waals surface area contributed by atoms with Gasteiger partial charge in [-0.25, -0.2) is 19.9 Å². The van der Waals surface area contributed by atoms with Crippen LogP contribution in [0.5, 0.6) is 0 Å². The fraction of sp³-hybridized carbons (Fsp3) is 0.0952. The first-order valence-corrected chi connectivity index (χ1v) is 9.84. The number of hydrogen-bond donors (Lipinski definition) is 2. The Morgan fingerprint density at radius 3 is 2.66 bits per heavy atom. The Morgan fingerprint density at radius 2 is 1.90 bits per heavy atom. The fourth-order valence-electron chi connectivity index (χ4n) is 2.82. The molecule has 0 aliphatic carbocycles. The predicted octanol–water partition coefficient (Wildman–Crippen LogP) is 3.61.